The van der Waals surface area contributed by atoms with E-state index in [-0.39, 0.29) is 11.6 Å². The second-order valence-electron chi connectivity index (χ2n) is 5.42. The average Bonchev–Trinajstić information content (AvgIpc) is 2.42. The van der Waals surface area contributed by atoms with Gasteiger partial charge in [0.2, 0.25) is 0 Å². The lowest BCUT2D eigenvalue weighted by Gasteiger charge is -2.15. The fraction of sp³-hybridized carbons (Fsp3) is 0.111. The van der Waals surface area contributed by atoms with Crippen LogP contribution >= 0.6 is 0 Å². The Balaban J connectivity index is 2.47. The molecule has 0 amide bonds. The summed E-state index contributed by atoms with van der Waals surface area (Å²) in [6, 6.07) is 10.5. The fourth-order valence-electron chi connectivity index (χ4n) is 3.24. The molecule has 20 heavy (non-hydrogen) atoms. The largest absolute Gasteiger partial charge is 0.206 e. The van der Waals surface area contributed by atoms with Crippen LogP contribution in [-0.4, -0.2) is 0 Å². The fourth-order valence-corrected chi connectivity index (χ4v) is 3.24. The number of aryl methyl sites for hydroxylation is 2. The van der Waals surface area contributed by atoms with Crippen LogP contribution in [0.1, 0.15) is 11.1 Å². The Hall–Kier alpha value is -2.22. The van der Waals surface area contributed by atoms with Crippen LogP contribution in [-0.2, 0) is 0 Å². The molecule has 4 aromatic carbocycles. The van der Waals surface area contributed by atoms with Crippen LogP contribution in [0, 0.1) is 25.5 Å². The van der Waals surface area contributed by atoms with Crippen molar-refractivity contribution < 1.29 is 8.78 Å². The number of benzene rings is 4. The van der Waals surface area contributed by atoms with Gasteiger partial charge >= 0.3 is 0 Å². The van der Waals surface area contributed by atoms with E-state index in [4.69, 9.17) is 0 Å². The highest BCUT2D eigenvalue weighted by Gasteiger charge is 2.15. The van der Waals surface area contributed by atoms with Gasteiger partial charge in [0.15, 0.2) is 0 Å². The molecule has 0 aromatic heterocycles. The molecule has 4 rings (SSSR count). The summed E-state index contributed by atoms with van der Waals surface area (Å²) in [5.41, 5.74) is 1.76. The number of hydrogen-bond acceptors (Lipinski definition) is 0. The van der Waals surface area contributed by atoms with Crippen molar-refractivity contribution in [2.24, 2.45) is 0 Å². The first kappa shape index (κ1) is 11.6. The summed E-state index contributed by atoms with van der Waals surface area (Å²) >= 11 is 0. The second kappa shape index (κ2) is 3.66. The molecule has 0 aliphatic heterocycles. The van der Waals surface area contributed by atoms with Crippen LogP contribution < -0.4 is 0 Å². The van der Waals surface area contributed by atoms with E-state index in [2.05, 4.69) is 0 Å². The van der Waals surface area contributed by atoms with Crippen molar-refractivity contribution in [3.05, 3.63) is 59.2 Å². The van der Waals surface area contributed by atoms with Crippen LogP contribution in [0.25, 0.3) is 32.3 Å². The van der Waals surface area contributed by atoms with Crippen LogP contribution in [0.3, 0.4) is 0 Å². The monoisotopic (exact) mass is 266 g/mol. The first-order chi connectivity index (χ1) is 9.58. The van der Waals surface area contributed by atoms with E-state index in [0.29, 0.717) is 10.8 Å². The quantitative estimate of drug-likeness (QED) is 0.370. The molecule has 0 fully saturated rings. The molecule has 0 radical (unpaired) electrons. The molecule has 98 valence electrons. The van der Waals surface area contributed by atoms with Crippen molar-refractivity contribution in [2.45, 2.75) is 13.8 Å². The van der Waals surface area contributed by atoms with Crippen LogP contribution in [0.5, 0.6) is 0 Å². The van der Waals surface area contributed by atoms with Crippen molar-refractivity contribution in [2.75, 3.05) is 0 Å². The van der Waals surface area contributed by atoms with Gasteiger partial charge in [0, 0.05) is 21.5 Å². The minimum absolute atomic E-state index is 0.244. The lowest BCUT2D eigenvalue weighted by molar-refractivity contribution is 0.638. The van der Waals surface area contributed by atoms with E-state index < -0.39 is 0 Å². The molecule has 0 N–H and O–H groups in total. The molecule has 0 saturated carbocycles. The predicted octanol–water partition coefficient (Wildman–Crippen LogP) is 5.48. The maximum Gasteiger partial charge on any atom is 0.131 e. The van der Waals surface area contributed by atoms with E-state index in [0.717, 1.165) is 32.7 Å². The standard InChI is InChI=1S/C18H12F2/c1-9-7-15(19)13-6-4-12-10(2)8-16(20)14-5-3-11(9)17(13)18(12)14/h3-8H,1-2H3. The SMILES string of the molecule is Cc1cc(F)c2ccc3c(C)cc(F)c4ccc1c2c34. The highest BCUT2D eigenvalue weighted by molar-refractivity contribution is 6.24. The van der Waals surface area contributed by atoms with Gasteiger partial charge in [-0.1, -0.05) is 24.3 Å². The summed E-state index contributed by atoms with van der Waals surface area (Å²) in [6.45, 7) is 3.77. The first-order valence-electron chi connectivity index (χ1n) is 6.60. The van der Waals surface area contributed by atoms with Crippen LogP contribution in [0.4, 0.5) is 8.78 Å². The highest BCUT2D eigenvalue weighted by Crippen LogP contribution is 2.39. The summed E-state index contributed by atoms with van der Waals surface area (Å²) in [5.74, 6) is -0.488. The zero-order chi connectivity index (χ0) is 14.0. The Bertz CT molecular complexity index is 830. The summed E-state index contributed by atoms with van der Waals surface area (Å²) in [4.78, 5) is 0. The van der Waals surface area contributed by atoms with Crippen molar-refractivity contribution in [1.82, 2.24) is 0 Å². The van der Waals surface area contributed by atoms with Gasteiger partial charge in [0.05, 0.1) is 0 Å². The number of rotatable bonds is 0. The van der Waals surface area contributed by atoms with Crippen molar-refractivity contribution in [1.29, 1.82) is 0 Å². The van der Waals surface area contributed by atoms with Crippen molar-refractivity contribution in [3.63, 3.8) is 0 Å². The molecule has 0 heterocycles. The maximum absolute atomic E-state index is 14.2. The number of hydrogen-bond donors (Lipinski definition) is 0. The average molecular weight is 266 g/mol. The second-order valence-corrected chi connectivity index (χ2v) is 5.42. The molecule has 0 nitrogen and oxygen atoms in total. The molecule has 0 saturated heterocycles. The first-order valence-corrected chi connectivity index (χ1v) is 6.60. The Labute approximate surface area is 115 Å². The third-order valence-corrected chi connectivity index (χ3v) is 4.21. The third kappa shape index (κ3) is 1.29. The Morgan fingerprint density at radius 3 is 1.35 bits per heavy atom. The molecular weight excluding hydrogens is 254 g/mol. The summed E-state index contributed by atoms with van der Waals surface area (Å²) in [6.07, 6.45) is 0. The molecule has 2 heteroatoms. The zero-order valence-electron chi connectivity index (χ0n) is 11.2. The molecule has 4 aromatic rings. The minimum atomic E-state index is -0.244. The van der Waals surface area contributed by atoms with Gasteiger partial charge in [0.1, 0.15) is 11.6 Å². The van der Waals surface area contributed by atoms with Crippen LogP contribution in [0.2, 0.25) is 0 Å². The Morgan fingerprint density at radius 1 is 0.600 bits per heavy atom. The summed E-state index contributed by atoms with van der Waals surface area (Å²) in [5, 5.41) is 4.77. The van der Waals surface area contributed by atoms with E-state index >= 15 is 0 Å². The van der Waals surface area contributed by atoms with Gasteiger partial charge < -0.3 is 0 Å². The third-order valence-electron chi connectivity index (χ3n) is 4.21. The zero-order valence-corrected chi connectivity index (χ0v) is 11.2. The Kier molecular flexibility index (Phi) is 2.12. The smallest absolute Gasteiger partial charge is 0.131 e. The van der Waals surface area contributed by atoms with Crippen LogP contribution in [0.15, 0.2) is 36.4 Å². The Morgan fingerprint density at radius 2 is 0.950 bits per heavy atom. The van der Waals surface area contributed by atoms with Gasteiger partial charge in [-0.25, -0.2) is 8.78 Å². The molecule has 0 unspecified atom stereocenters. The molecular formula is C18H12F2. The molecule has 0 bridgehead atoms. The molecule has 0 atom stereocenters. The highest BCUT2D eigenvalue weighted by atomic mass is 19.1. The molecule has 0 aliphatic rings. The van der Waals surface area contributed by atoms with E-state index in [1.54, 1.807) is 24.3 Å². The minimum Gasteiger partial charge on any atom is -0.206 e. The van der Waals surface area contributed by atoms with Gasteiger partial charge in [-0.3, -0.25) is 0 Å². The topological polar surface area (TPSA) is 0 Å². The van der Waals surface area contributed by atoms with E-state index in [1.807, 2.05) is 26.0 Å². The lowest BCUT2D eigenvalue weighted by Crippen LogP contribution is -1.92. The predicted molar refractivity (Wildman–Crippen MR) is 79.5 cm³/mol. The van der Waals surface area contributed by atoms with Gasteiger partial charge in [-0.2, -0.15) is 0 Å². The summed E-state index contributed by atoms with van der Waals surface area (Å²) in [7, 11) is 0. The van der Waals surface area contributed by atoms with E-state index in [9.17, 15) is 8.78 Å². The van der Waals surface area contributed by atoms with Gasteiger partial charge in [-0.15, -0.1) is 0 Å². The van der Waals surface area contributed by atoms with Gasteiger partial charge in [-0.05, 0) is 47.9 Å². The van der Waals surface area contributed by atoms with Crippen molar-refractivity contribution >= 4 is 32.3 Å². The van der Waals surface area contributed by atoms with Gasteiger partial charge in [0.25, 0.3) is 0 Å². The summed E-state index contributed by atoms with van der Waals surface area (Å²) < 4.78 is 28.4. The lowest BCUT2D eigenvalue weighted by atomic mass is 9.90. The maximum atomic E-state index is 14.2. The van der Waals surface area contributed by atoms with E-state index in [1.165, 1.54) is 0 Å². The molecule has 0 aliphatic carbocycles. The normalized spacial score (nSPS) is 12.0. The molecule has 0 spiro atoms. The number of halogens is 2. The van der Waals surface area contributed by atoms with Crippen molar-refractivity contribution in [3.8, 4) is 0 Å².